The van der Waals surface area contributed by atoms with Gasteiger partial charge in [-0.05, 0) is 127 Å². The van der Waals surface area contributed by atoms with Crippen LogP contribution in [0.2, 0.25) is 0 Å². The van der Waals surface area contributed by atoms with Gasteiger partial charge in [0.05, 0.1) is 39.7 Å². The molecule has 0 amide bonds. The van der Waals surface area contributed by atoms with Gasteiger partial charge < -0.3 is 14.0 Å². The van der Waals surface area contributed by atoms with E-state index in [0.717, 1.165) is 95.2 Å². The number of aromatic nitrogens is 2. The fourth-order valence-electron chi connectivity index (χ4n) is 10.2. The average molecular weight is 915 g/mol. The van der Waals surface area contributed by atoms with E-state index in [1.54, 1.807) is 0 Å². The summed E-state index contributed by atoms with van der Waals surface area (Å²) in [5, 5.41) is 3.59. The van der Waals surface area contributed by atoms with Crippen LogP contribution in [0, 0.1) is 0 Å². The smallest absolute Gasteiger partial charge is 0.0891 e. The highest BCUT2D eigenvalue weighted by molar-refractivity contribution is 6.16. The fraction of sp³-hybridized carbons (Fsp3) is 0.0597. The Balaban J connectivity index is 1.19. The van der Waals surface area contributed by atoms with Crippen LogP contribution < -0.4 is 4.90 Å². The lowest BCUT2D eigenvalue weighted by Crippen LogP contribution is -2.24. The average Bonchev–Trinajstić information content (AvgIpc) is 3.94. The van der Waals surface area contributed by atoms with Gasteiger partial charge in [0.2, 0.25) is 0 Å². The fourth-order valence-corrected chi connectivity index (χ4v) is 10.2. The van der Waals surface area contributed by atoms with Crippen LogP contribution in [0.3, 0.4) is 0 Å². The first-order valence-electron chi connectivity index (χ1n) is 24.5. The van der Waals surface area contributed by atoms with Crippen molar-refractivity contribution in [3.05, 3.63) is 277 Å². The molecule has 71 heavy (non-hydrogen) atoms. The molecule has 4 nitrogen and oxygen atoms in total. The molecule has 11 rings (SSSR count). The molecule has 2 aromatic heterocycles. The molecule has 0 bridgehead atoms. The van der Waals surface area contributed by atoms with Gasteiger partial charge in [0.1, 0.15) is 0 Å². The van der Waals surface area contributed by atoms with E-state index in [0.29, 0.717) is 0 Å². The molecule has 0 fully saturated rings. The van der Waals surface area contributed by atoms with Crippen molar-refractivity contribution in [1.29, 1.82) is 0 Å². The number of para-hydroxylation sites is 4. The first-order valence-corrected chi connectivity index (χ1v) is 24.5. The quantitative estimate of drug-likeness (QED) is 0.106. The molecule has 2 heterocycles. The number of anilines is 2. The molecule has 0 saturated heterocycles. The predicted octanol–water partition coefficient (Wildman–Crippen LogP) is 18.0. The maximum absolute atomic E-state index is 5.61. The SMILES string of the molecule is C=Cc1c(/C=C\C)n(-c2ccccc2)c2cc(-c3cc(-c4ccc5c6ccccc6n(-c6ccccc6)c5c4)cc(N(/C(=C/C)C(=NC(C)c4ccccc4)c4ccccc4)c4ccccc4)c3)ccc12. The van der Waals surface area contributed by atoms with Crippen LogP contribution in [0.5, 0.6) is 0 Å². The summed E-state index contributed by atoms with van der Waals surface area (Å²) in [5.41, 5.74) is 18.4. The summed E-state index contributed by atoms with van der Waals surface area (Å²) in [4.78, 5) is 8.00. The molecular formula is C67H54N4. The number of nitrogens with zero attached hydrogens (tertiary/aromatic N) is 4. The molecule has 1 unspecified atom stereocenters. The molecule has 0 aliphatic heterocycles. The summed E-state index contributed by atoms with van der Waals surface area (Å²) in [6.07, 6.45) is 8.50. The lowest BCUT2D eigenvalue weighted by molar-refractivity contribution is 0.819. The van der Waals surface area contributed by atoms with Gasteiger partial charge in [-0.2, -0.15) is 0 Å². The van der Waals surface area contributed by atoms with Crippen molar-refractivity contribution in [2.75, 3.05) is 4.90 Å². The molecule has 9 aromatic carbocycles. The summed E-state index contributed by atoms with van der Waals surface area (Å²) < 4.78 is 4.76. The van der Waals surface area contributed by atoms with Crippen LogP contribution in [0.15, 0.2) is 260 Å². The third-order valence-electron chi connectivity index (χ3n) is 13.5. The van der Waals surface area contributed by atoms with Gasteiger partial charge in [0, 0.05) is 50.0 Å². The number of benzene rings is 9. The first kappa shape index (κ1) is 44.5. The van der Waals surface area contributed by atoms with Crippen LogP contribution in [-0.2, 0) is 0 Å². The number of allylic oxidation sites excluding steroid dienone is 3. The lowest BCUT2D eigenvalue weighted by Gasteiger charge is -2.30. The zero-order valence-electron chi connectivity index (χ0n) is 40.3. The zero-order valence-corrected chi connectivity index (χ0v) is 40.3. The summed E-state index contributed by atoms with van der Waals surface area (Å²) in [6.45, 7) is 10.7. The van der Waals surface area contributed by atoms with E-state index in [2.05, 4.69) is 290 Å². The molecule has 4 heteroatoms. The first-order chi connectivity index (χ1) is 35.0. The highest BCUT2D eigenvalue weighted by Crippen LogP contribution is 2.42. The number of rotatable bonds is 13. The molecular weight excluding hydrogens is 861 g/mol. The van der Waals surface area contributed by atoms with Crippen LogP contribution >= 0.6 is 0 Å². The van der Waals surface area contributed by atoms with Gasteiger partial charge in [-0.1, -0.05) is 183 Å². The van der Waals surface area contributed by atoms with Crippen LogP contribution in [0.25, 0.3) is 78.5 Å². The van der Waals surface area contributed by atoms with Crippen molar-refractivity contribution in [2.24, 2.45) is 4.99 Å². The van der Waals surface area contributed by atoms with E-state index in [1.807, 2.05) is 6.08 Å². The second-order valence-corrected chi connectivity index (χ2v) is 17.9. The maximum atomic E-state index is 5.61. The van der Waals surface area contributed by atoms with Crippen LogP contribution in [0.1, 0.15) is 49.2 Å². The van der Waals surface area contributed by atoms with Crippen LogP contribution in [-0.4, -0.2) is 14.8 Å². The maximum Gasteiger partial charge on any atom is 0.0891 e. The highest BCUT2D eigenvalue weighted by Gasteiger charge is 2.24. The van der Waals surface area contributed by atoms with Gasteiger partial charge in [-0.25, -0.2) is 0 Å². The molecule has 0 aliphatic rings. The second-order valence-electron chi connectivity index (χ2n) is 17.9. The Hall–Kier alpha value is -8.99. The van der Waals surface area contributed by atoms with E-state index < -0.39 is 0 Å². The zero-order chi connectivity index (χ0) is 48.3. The van der Waals surface area contributed by atoms with Gasteiger partial charge in [-0.3, -0.25) is 4.99 Å². The van der Waals surface area contributed by atoms with E-state index in [1.165, 1.54) is 16.3 Å². The Labute approximate surface area is 416 Å². The molecule has 1 atom stereocenters. The van der Waals surface area contributed by atoms with Crippen molar-refractivity contribution in [2.45, 2.75) is 26.8 Å². The van der Waals surface area contributed by atoms with E-state index in [4.69, 9.17) is 4.99 Å². The molecule has 0 spiro atoms. The van der Waals surface area contributed by atoms with Gasteiger partial charge in [0.25, 0.3) is 0 Å². The van der Waals surface area contributed by atoms with Gasteiger partial charge in [0.15, 0.2) is 0 Å². The van der Waals surface area contributed by atoms with E-state index >= 15 is 0 Å². The van der Waals surface area contributed by atoms with E-state index in [9.17, 15) is 0 Å². The Bertz CT molecular complexity index is 3780. The van der Waals surface area contributed by atoms with Crippen molar-refractivity contribution in [3.63, 3.8) is 0 Å². The minimum Gasteiger partial charge on any atom is -0.309 e. The van der Waals surface area contributed by atoms with Crippen molar-refractivity contribution < 1.29 is 0 Å². The monoisotopic (exact) mass is 914 g/mol. The molecule has 0 aliphatic carbocycles. The number of hydrogen-bond donors (Lipinski definition) is 0. The predicted molar refractivity (Wildman–Crippen MR) is 303 cm³/mol. The van der Waals surface area contributed by atoms with Crippen molar-refractivity contribution in [1.82, 2.24) is 9.13 Å². The third kappa shape index (κ3) is 8.40. The lowest BCUT2D eigenvalue weighted by atomic mass is 9.95. The molecule has 0 N–H and O–H groups in total. The molecule has 0 saturated carbocycles. The third-order valence-corrected chi connectivity index (χ3v) is 13.5. The summed E-state index contributed by atoms with van der Waals surface area (Å²) in [5.74, 6) is 0. The largest absolute Gasteiger partial charge is 0.309 e. The van der Waals surface area contributed by atoms with Gasteiger partial charge >= 0.3 is 0 Å². The number of hydrogen-bond acceptors (Lipinski definition) is 2. The normalized spacial score (nSPS) is 12.5. The minimum atomic E-state index is -0.107. The van der Waals surface area contributed by atoms with Crippen molar-refractivity contribution in [3.8, 4) is 33.6 Å². The standard InChI is InChI=1S/C67H54N4/c1-5-25-63-58(6-2)60-40-38-50(45-65(60)70(63)55-32-19-11-20-33-55)52-42-53(51-39-41-61-59-36-23-24-37-64(59)71(66(61)46-51)56-34-21-12-22-35-56)44-57(43-52)69(54-30-17-10-18-31-54)62(7-3)67(49-28-15-9-16-29-49)68-47(4)48-26-13-8-14-27-48/h5-47H,2H2,1,3-4H3/b25-5-,62-7+,68-67?. The van der Waals surface area contributed by atoms with Gasteiger partial charge in [-0.15, -0.1) is 0 Å². The summed E-state index contributed by atoms with van der Waals surface area (Å²) >= 11 is 0. The topological polar surface area (TPSA) is 25.5 Å². The number of fused-ring (bicyclic) bond motifs is 4. The summed E-state index contributed by atoms with van der Waals surface area (Å²) in [7, 11) is 0. The Morgan fingerprint density at radius 3 is 1.62 bits per heavy atom. The molecule has 342 valence electrons. The molecule has 11 aromatic rings. The highest BCUT2D eigenvalue weighted by atomic mass is 15.2. The Kier molecular flexibility index (Phi) is 12.3. The summed E-state index contributed by atoms with van der Waals surface area (Å²) in [6, 6.07) is 82.7. The number of aliphatic imine (C=N–C) groups is 1. The van der Waals surface area contributed by atoms with Crippen LogP contribution in [0.4, 0.5) is 11.4 Å². The second kappa shape index (κ2) is 19.6. The Morgan fingerprint density at radius 1 is 0.493 bits per heavy atom. The minimum absolute atomic E-state index is 0.107. The Morgan fingerprint density at radius 2 is 1.01 bits per heavy atom. The van der Waals surface area contributed by atoms with E-state index in [-0.39, 0.29) is 6.04 Å². The molecule has 0 radical (unpaired) electrons. The van der Waals surface area contributed by atoms with Crippen molar-refractivity contribution >= 4 is 61.9 Å².